The number of carboxylic acid groups (broad SMARTS) is 1. The minimum atomic E-state index is -0.973. The molecular formula is C21H28N2O5S2. The summed E-state index contributed by atoms with van der Waals surface area (Å²) in [5.41, 5.74) is 1.10. The lowest BCUT2D eigenvalue weighted by molar-refractivity contribution is -0.149. The fourth-order valence-corrected chi connectivity index (χ4v) is 7.10. The van der Waals surface area contributed by atoms with E-state index in [1.54, 1.807) is 30.4 Å². The van der Waals surface area contributed by atoms with Gasteiger partial charge in [-0.3, -0.25) is 14.9 Å². The second-order valence-electron chi connectivity index (χ2n) is 7.40. The summed E-state index contributed by atoms with van der Waals surface area (Å²) in [6, 6.07) is 8.37. The molecule has 2 saturated heterocycles. The summed E-state index contributed by atoms with van der Waals surface area (Å²) in [7, 11) is 0. The molecule has 2 N–H and O–H groups in total. The van der Waals surface area contributed by atoms with Crippen molar-refractivity contribution in [3.05, 3.63) is 35.9 Å². The van der Waals surface area contributed by atoms with Gasteiger partial charge in [0.2, 0.25) is 5.91 Å². The molecule has 0 radical (unpaired) electrons. The molecule has 2 aliphatic rings. The first-order chi connectivity index (χ1) is 14.4. The molecule has 0 bridgehead atoms. The van der Waals surface area contributed by atoms with Gasteiger partial charge in [0.15, 0.2) is 0 Å². The number of carbonyl (C=O) groups excluding carboxylic acids is 2. The highest BCUT2D eigenvalue weighted by molar-refractivity contribution is 8.21. The zero-order chi connectivity index (χ0) is 21.6. The minimum absolute atomic E-state index is 0.0898. The van der Waals surface area contributed by atoms with Gasteiger partial charge in [0, 0.05) is 24.5 Å². The van der Waals surface area contributed by atoms with Crippen molar-refractivity contribution in [2.45, 2.75) is 42.3 Å². The van der Waals surface area contributed by atoms with E-state index in [2.05, 4.69) is 5.32 Å². The molecule has 1 aromatic carbocycles. The molecule has 164 valence electrons. The van der Waals surface area contributed by atoms with Crippen LogP contribution in [0.3, 0.4) is 0 Å². The Morgan fingerprint density at radius 1 is 1.27 bits per heavy atom. The van der Waals surface area contributed by atoms with Gasteiger partial charge in [-0.1, -0.05) is 30.3 Å². The number of hydrogen-bond acceptors (Lipinski definition) is 7. The number of rotatable bonds is 9. The molecule has 2 unspecified atom stereocenters. The summed E-state index contributed by atoms with van der Waals surface area (Å²) >= 11 is 3.49. The van der Waals surface area contributed by atoms with E-state index >= 15 is 0 Å². The third-order valence-electron chi connectivity index (χ3n) is 5.35. The average molecular weight is 453 g/mol. The zero-order valence-corrected chi connectivity index (χ0v) is 18.7. The van der Waals surface area contributed by atoms with Crippen LogP contribution in [0.5, 0.6) is 0 Å². The number of hydrogen-bond donors (Lipinski definition) is 2. The number of likely N-dealkylation sites (tertiary alicyclic amines) is 1. The van der Waals surface area contributed by atoms with Crippen molar-refractivity contribution < 1.29 is 24.2 Å². The molecule has 2 atom stereocenters. The van der Waals surface area contributed by atoms with Gasteiger partial charge >= 0.3 is 11.9 Å². The molecular weight excluding hydrogens is 424 g/mol. The van der Waals surface area contributed by atoms with Crippen molar-refractivity contribution in [2.75, 3.05) is 31.2 Å². The van der Waals surface area contributed by atoms with Crippen LogP contribution in [0, 0.1) is 0 Å². The Hall–Kier alpha value is -1.71. The first-order valence-electron chi connectivity index (χ1n) is 10.2. The van der Waals surface area contributed by atoms with Gasteiger partial charge in [0.1, 0.15) is 12.1 Å². The smallest absolute Gasteiger partial charge is 0.326 e. The number of amides is 1. The molecule has 0 aromatic heterocycles. The number of thioether (sulfide) groups is 2. The zero-order valence-electron chi connectivity index (χ0n) is 17.0. The van der Waals surface area contributed by atoms with Crippen LogP contribution in [0.25, 0.3) is 0 Å². The monoisotopic (exact) mass is 452 g/mol. The quantitative estimate of drug-likeness (QED) is 0.550. The van der Waals surface area contributed by atoms with Gasteiger partial charge in [-0.25, -0.2) is 4.79 Å². The minimum Gasteiger partial charge on any atom is -0.480 e. The van der Waals surface area contributed by atoms with Gasteiger partial charge in [0.05, 0.1) is 17.2 Å². The Labute approximate surface area is 185 Å². The van der Waals surface area contributed by atoms with E-state index in [9.17, 15) is 19.5 Å². The van der Waals surface area contributed by atoms with Crippen molar-refractivity contribution in [2.24, 2.45) is 0 Å². The first-order valence-corrected chi connectivity index (χ1v) is 12.2. The summed E-state index contributed by atoms with van der Waals surface area (Å²) in [4.78, 5) is 38.5. The van der Waals surface area contributed by atoms with Crippen molar-refractivity contribution in [1.82, 2.24) is 10.2 Å². The fraction of sp³-hybridized carbons (Fsp3) is 0.571. The van der Waals surface area contributed by atoms with E-state index in [0.29, 0.717) is 25.8 Å². The van der Waals surface area contributed by atoms with Gasteiger partial charge in [-0.15, -0.1) is 23.5 Å². The van der Waals surface area contributed by atoms with E-state index in [1.807, 2.05) is 30.3 Å². The van der Waals surface area contributed by atoms with Gasteiger partial charge in [0.25, 0.3) is 0 Å². The van der Waals surface area contributed by atoms with Crippen LogP contribution >= 0.6 is 23.5 Å². The molecule has 7 nitrogen and oxygen atoms in total. The number of nitrogens with zero attached hydrogens (tertiary/aromatic N) is 1. The number of carbonyl (C=O) groups is 3. The number of aryl methyl sites for hydroxylation is 1. The first kappa shape index (κ1) is 23.0. The number of benzene rings is 1. The fourth-order valence-electron chi connectivity index (χ4n) is 3.84. The molecule has 0 saturated carbocycles. The van der Waals surface area contributed by atoms with Crippen LogP contribution in [0.4, 0.5) is 0 Å². The molecule has 3 rings (SSSR count). The van der Waals surface area contributed by atoms with E-state index in [4.69, 9.17) is 4.74 Å². The molecule has 1 spiro atoms. The Kier molecular flexibility index (Phi) is 8.07. The predicted molar refractivity (Wildman–Crippen MR) is 119 cm³/mol. The van der Waals surface area contributed by atoms with E-state index in [1.165, 1.54) is 4.90 Å². The normalized spacial score (nSPS) is 21.0. The van der Waals surface area contributed by atoms with Gasteiger partial charge in [-0.05, 0) is 25.3 Å². The number of nitrogens with one attached hydrogen (secondary N) is 1. The van der Waals surface area contributed by atoms with Gasteiger partial charge < -0.3 is 14.7 Å². The standard InChI is InChI=1S/C21H28N2O5S2/c1-2-28-20(27)16(9-8-15-6-4-3-5-7-15)22-13-18(24)23-14-21(29-10-11-30-21)12-17(23)19(25)26/h3-7,16-17,22H,2,8-14H2,1H3,(H,25,26). The van der Waals surface area contributed by atoms with Gasteiger partial charge in [-0.2, -0.15) is 0 Å². The van der Waals surface area contributed by atoms with Crippen LogP contribution in [0.1, 0.15) is 25.3 Å². The topological polar surface area (TPSA) is 95.9 Å². The Morgan fingerprint density at radius 2 is 1.97 bits per heavy atom. The molecule has 2 fully saturated rings. The largest absolute Gasteiger partial charge is 0.480 e. The molecule has 9 heteroatoms. The molecule has 30 heavy (non-hydrogen) atoms. The Bertz CT molecular complexity index is 755. The molecule has 1 amide bonds. The predicted octanol–water partition coefficient (Wildman–Crippen LogP) is 2.00. The molecule has 1 aromatic rings. The van der Waals surface area contributed by atoms with Crippen LogP contribution in [-0.2, 0) is 25.5 Å². The van der Waals surface area contributed by atoms with Crippen LogP contribution in [0.15, 0.2) is 30.3 Å². The summed E-state index contributed by atoms with van der Waals surface area (Å²) in [6.07, 6.45) is 1.62. The number of carboxylic acids is 1. The number of esters is 1. The third-order valence-corrected chi connectivity index (χ3v) is 8.77. The molecule has 2 heterocycles. The van der Waals surface area contributed by atoms with Crippen molar-refractivity contribution >= 4 is 41.4 Å². The Morgan fingerprint density at radius 3 is 2.60 bits per heavy atom. The summed E-state index contributed by atoms with van der Waals surface area (Å²) in [6.45, 7) is 2.34. The SMILES string of the molecule is CCOC(=O)C(CCc1ccccc1)NCC(=O)N1CC2(CC1C(=O)O)SCCS2. The summed E-state index contributed by atoms with van der Waals surface area (Å²) in [5, 5.41) is 12.6. The maximum atomic E-state index is 12.9. The summed E-state index contributed by atoms with van der Waals surface area (Å²) in [5.74, 6) is 0.292. The lowest BCUT2D eigenvalue weighted by Gasteiger charge is -2.24. The van der Waals surface area contributed by atoms with Crippen molar-refractivity contribution in [3.8, 4) is 0 Å². The highest BCUT2D eigenvalue weighted by Crippen LogP contribution is 2.51. The highest BCUT2D eigenvalue weighted by Gasteiger charge is 2.51. The maximum Gasteiger partial charge on any atom is 0.326 e. The second-order valence-corrected chi connectivity index (χ2v) is 10.6. The molecule has 2 aliphatic heterocycles. The second kappa shape index (κ2) is 10.5. The average Bonchev–Trinajstić information content (AvgIpc) is 3.36. The van der Waals surface area contributed by atoms with Crippen LogP contribution in [0.2, 0.25) is 0 Å². The number of aliphatic carboxylic acids is 1. The van der Waals surface area contributed by atoms with E-state index < -0.39 is 24.0 Å². The highest BCUT2D eigenvalue weighted by atomic mass is 32.2. The summed E-state index contributed by atoms with van der Waals surface area (Å²) < 4.78 is 4.94. The lowest BCUT2D eigenvalue weighted by atomic mass is 10.1. The maximum absolute atomic E-state index is 12.9. The van der Waals surface area contributed by atoms with Crippen LogP contribution < -0.4 is 5.32 Å². The Balaban J connectivity index is 1.61. The number of ether oxygens (including phenoxy) is 1. The lowest BCUT2D eigenvalue weighted by Crippen LogP contribution is -2.48. The molecule has 0 aliphatic carbocycles. The van der Waals surface area contributed by atoms with Crippen LogP contribution in [-0.4, -0.2) is 75.2 Å². The van der Waals surface area contributed by atoms with Crippen molar-refractivity contribution in [1.29, 1.82) is 0 Å². The van der Waals surface area contributed by atoms with E-state index in [-0.39, 0.29) is 23.1 Å². The van der Waals surface area contributed by atoms with E-state index in [0.717, 1.165) is 17.1 Å². The van der Waals surface area contributed by atoms with Crippen molar-refractivity contribution in [3.63, 3.8) is 0 Å². The third kappa shape index (κ3) is 5.70.